The number of primary amides is 1. The summed E-state index contributed by atoms with van der Waals surface area (Å²) in [6.07, 6.45) is 8.10. The van der Waals surface area contributed by atoms with Crippen LogP contribution < -0.4 is 16.0 Å². The van der Waals surface area contributed by atoms with Crippen LogP contribution in [0, 0.1) is 0 Å². The minimum absolute atomic E-state index is 0.0465. The fraction of sp³-hybridized carbons (Fsp3) is 0.579. The van der Waals surface area contributed by atoms with Crippen LogP contribution in [0.25, 0.3) is 0 Å². The predicted molar refractivity (Wildman–Crippen MR) is 97.9 cm³/mol. The van der Waals surface area contributed by atoms with Gasteiger partial charge in [0.1, 0.15) is 6.61 Å². The zero-order chi connectivity index (χ0) is 17.6. The van der Waals surface area contributed by atoms with Gasteiger partial charge in [0, 0.05) is 18.7 Å². The molecule has 1 aromatic carbocycles. The van der Waals surface area contributed by atoms with Crippen molar-refractivity contribution in [3.05, 3.63) is 23.8 Å². The first-order chi connectivity index (χ1) is 12.1. The molecule has 0 unspecified atom stereocenters. The van der Waals surface area contributed by atoms with E-state index in [2.05, 4.69) is 10.2 Å². The van der Waals surface area contributed by atoms with Gasteiger partial charge in [0.15, 0.2) is 0 Å². The standard InChI is InChI=1S/C19H27N3O3/c20-19(24)14-8-9-17(22-10-4-1-5-11-22)16(12-14)21-18(23)13-25-15-6-2-3-7-15/h8-9,12,15H,1-7,10-11,13H2,(H2,20,24)(H,21,23). The number of nitrogens with one attached hydrogen (secondary N) is 1. The van der Waals surface area contributed by atoms with Gasteiger partial charge in [-0.05, 0) is 50.3 Å². The van der Waals surface area contributed by atoms with Crippen LogP contribution in [0.2, 0.25) is 0 Å². The lowest BCUT2D eigenvalue weighted by atomic mass is 10.1. The maximum Gasteiger partial charge on any atom is 0.250 e. The summed E-state index contributed by atoms with van der Waals surface area (Å²) in [6.45, 7) is 1.96. The maximum atomic E-state index is 12.3. The van der Waals surface area contributed by atoms with E-state index in [1.165, 1.54) is 19.3 Å². The Bertz CT molecular complexity index is 620. The Morgan fingerprint density at radius 2 is 1.84 bits per heavy atom. The highest BCUT2D eigenvalue weighted by Crippen LogP contribution is 2.30. The van der Waals surface area contributed by atoms with Crippen LogP contribution in [0.15, 0.2) is 18.2 Å². The van der Waals surface area contributed by atoms with E-state index in [0.29, 0.717) is 11.3 Å². The Morgan fingerprint density at radius 1 is 1.12 bits per heavy atom. The first-order valence-corrected chi connectivity index (χ1v) is 9.24. The minimum atomic E-state index is -0.497. The molecule has 1 aromatic rings. The Morgan fingerprint density at radius 3 is 2.52 bits per heavy atom. The fourth-order valence-corrected chi connectivity index (χ4v) is 3.63. The molecule has 2 amide bonds. The zero-order valence-electron chi connectivity index (χ0n) is 14.6. The molecule has 0 bridgehead atoms. The van der Waals surface area contributed by atoms with Crippen molar-refractivity contribution in [2.45, 2.75) is 51.0 Å². The smallest absolute Gasteiger partial charge is 0.250 e. The number of nitrogens with zero attached hydrogens (tertiary/aromatic N) is 1. The molecule has 6 heteroatoms. The second kappa shape index (κ2) is 8.34. The third-order valence-electron chi connectivity index (χ3n) is 5.00. The van der Waals surface area contributed by atoms with Crippen LogP contribution in [-0.2, 0) is 9.53 Å². The van der Waals surface area contributed by atoms with Crippen LogP contribution in [0.4, 0.5) is 11.4 Å². The SMILES string of the molecule is NC(=O)c1ccc(N2CCCCC2)c(NC(=O)COC2CCCC2)c1. The lowest BCUT2D eigenvalue weighted by molar-refractivity contribution is -0.122. The highest BCUT2D eigenvalue weighted by molar-refractivity contribution is 5.99. The third kappa shape index (κ3) is 4.72. The summed E-state index contributed by atoms with van der Waals surface area (Å²) >= 11 is 0. The number of nitrogens with two attached hydrogens (primary N) is 1. The van der Waals surface area contributed by atoms with Gasteiger partial charge in [-0.15, -0.1) is 0 Å². The Labute approximate surface area is 148 Å². The minimum Gasteiger partial charge on any atom is -0.370 e. The predicted octanol–water partition coefficient (Wildman–Crippen LogP) is 2.67. The van der Waals surface area contributed by atoms with Crippen molar-refractivity contribution in [1.29, 1.82) is 0 Å². The lowest BCUT2D eigenvalue weighted by Gasteiger charge is -2.30. The number of rotatable bonds is 6. The molecule has 3 N–H and O–H groups in total. The summed E-state index contributed by atoms with van der Waals surface area (Å²) in [5.41, 5.74) is 7.37. The highest BCUT2D eigenvalue weighted by atomic mass is 16.5. The van der Waals surface area contributed by atoms with E-state index in [1.807, 2.05) is 6.07 Å². The number of amides is 2. The van der Waals surface area contributed by atoms with Crippen LogP contribution >= 0.6 is 0 Å². The number of carbonyl (C=O) groups excluding carboxylic acids is 2. The van der Waals surface area contributed by atoms with Gasteiger partial charge in [0.05, 0.1) is 17.5 Å². The van der Waals surface area contributed by atoms with Crippen molar-refractivity contribution in [2.75, 3.05) is 29.9 Å². The molecule has 25 heavy (non-hydrogen) atoms. The number of piperidine rings is 1. The van der Waals surface area contributed by atoms with E-state index in [0.717, 1.165) is 44.5 Å². The largest absolute Gasteiger partial charge is 0.370 e. The molecule has 0 atom stereocenters. The molecule has 0 aromatic heterocycles. The normalized spacial score (nSPS) is 18.3. The molecule has 0 radical (unpaired) electrons. The molecule has 1 saturated carbocycles. The van der Waals surface area contributed by atoms with Gasteiger partial charge >= 0.3 is 0 Å². The van der Waals surface area contributed by atoms with Crippen molar-refractivity contribution in [3.63, 3.8) is 0 Å². The first-order valence-electron chi connectivity index (χ1n) is 9.24. The molecule has 1 heterocycles. The summed E-state index contributed by atoms with van der Waals surface area (Å²) in [6, 6.07) is 5.26. The van der Waals surface area contributed by atoms with Crippen LogP contribution in [-0.4, -0.2) is 37.6 Å². The van der Waals surface area contributed by atoms with E-state index in [1.54, 1.807) is 12.1 Å². The summed E-state index contributed by atoms with van der Waals surface area (Å²) in [5, 5.41) is 2.91. The van der Waals surface area contributed by atoms with E-state index in [4.69, 9.17) is 10.5 Å². The fourth-order valence-electron chi connectivity index (χ4n) is 3.63. The van der Waals surface area contributed by atoms with Gasteiger partial charge in [-0.1, -0.05) is 12.8 Å². The molecule has 136 valence electrons. The van der Waals surface area contributed by atoms with Crippen molar-refractivity contribution in [2.24, 2.45) is 5.73 Å². The number of ether oxygens (including phenoxy) is 1. The second-order valence-electron chi connectivity index (χ2n) is 6.91. The monoisotopic (exact) mass is 345 g/mol. The Kier molecular flexibility index (Phi) is 5.91. The van der Waals surface area contributed by atoms with Crippen LogP contribution in [0.5, 0.6) is 0 Å². The third-order valence-corrected chi connectivity index (χ3v) is 5.00. The topological polar surface area (TPSA) is 84.7 Å². The summed E-state index contributed by atoms with van der Waals surface area (Å²) in [4.78, 5) is 26.1. The van der Waals surface area contributed by atoms with Gasteiger partial charge < -0.3 is 20.7 Å². The number of benzene rings is 1. The van der Waals surface area contributed by atoms with Gasteiger partial charge in [0.2, 0.25) is 11.8 Å². The molecular weight excluding hydrogens is 318 g/mol. The van der Waals surface area contributed by atoms with Crippen LogP contribution in [0.1, 0.15) is 55.3 Å². The molecule has 2 fully saturated rings. The molecule has 6 nitrogen and oxygen atoms in total. The summed E-state index contributed by atoms with van der Waals surface area (Å²) < 4.78 is 5.68. The average molecular weight is 345 g/mol. The van der Waals surface area contributed by atoms with Crippen molar-refractivity contribution in [1.82, 2.24) is 0 Å². The summed E-state index contributed by atoms with van der Waals surface area (Å²) in [7, 11) is 0. The number of hydrogen-bond acceptors (Lipinski definition) is 4. The quantitative estimate of drug-likeness (QED) is 0.830. The molecule has 3 rings (SSSR count). The Hall–Kier alpha value is -2.08. The molecular formula is C19H27N3O3. The van der Waals surface area contributed by atoms with Crippen molar-refractivity contribution < 1.29 is 14.3 Å². The zero-order valence-corrected chi connectivity index (χ0v) is 14.6. The second-order valence-corrected chi connectivity index (χ2v) is 6.91. The highest BCUT2D eigenvalue weighted by Gasteiger charge is 2.19. The first kappa shape index (κ1) is 17.7. The van der Waals surface area contributed by atoms with Gasteiger partial charge in [-0.2, -0.15) is 0 Å². The van der Waals surface area contributed by atoms with Gasteiger partial charge in [-0.3, -0.25) is 9.59 Å². The number of carbonyl (C=O) groups is 2. The molecule has 2 aliphatic rings. The van der Waals surface area contributed by atoms with E-state index >= 15 is 0 Å². The molecule has 1 saturated heterocycles. The van der Waals surface area contributed by atoms with E-state index in [9.17, 15) is 9.59 Å². The van der Waals surface area contributed by atoms with E-state index < -0.39 is 5.91 Å². The van der Waals surface area contributed by atoms with Crippen molar-refractivity contribution in [3.8, 4) is 0 Å². The maximum absolute atomic E-state index is 12.3. The lowest BCUT2D eigenvalue weighted by Crippen LogP contribution is -2.31. The summed E-state index contributed by atoms with van der Waals surface area (Å²) in [5.74, 6) is -0.685. The van der Waals surface area contributed by atoms with Crippen LogP contribution in [0.3, 0.4) is 0 Å². The number of anilines is 2. The van der Waals surface area contributed by atoms with Crippen molar-refractivity contribution >= 4 is 23.2 Å². The molecule has 0 spiro atoms. The Balaban J connectivity index is 1.70. The van der Waals surface area contributed by atoms with Gasteiger partial charge in [0.25, 0.3) is 0 Å². The molecule has 1 aliphatic heterocycles. The van der Waals surface area contributed by atoms with Gasteiger partial charge in [-0.25, -0.2) is 0 Å². The van der Waals surface area contributed by atoms with E-state index in [-0.39, 0.29) is 18.6 Å². The number of hydrogen-bond donors (Lipinski definition) is 2. The molecule has 1 aliphatic carbocycles. The average Bonchev–Trinajstić information content (AvgIpc) is 3.14.